The predicted octanol–water partition coefficient (Wildman–Crippen LogP) is 2.56. The van der Waals surface area contributed by atoms with Crippen molar-refractivity contribution in [1.82, 2.24) is 5.32 Å². The van der Waals surface area contributed by atoms with Crippen molar-refractivity contribution in [2.45, 2.75) is 12.5 Å². The summed E-state index contributed by atoms with van der Waals surface area (Å²) in [5.74, 6) is -0.325. The van der Waals surface area contributed by atoms with Crippen LogP contribution in [0.2, 0.25) is 0 Å². The van der Waals surface area contributed by atoms with E-state index >= 15 is 0 Å². The third kappa shape index (κ3) is 5.38. The molecule has 0 saturated carbocycles. The minimum absolute atomic E-state index is 0.196. The van der Waals surface area contributed by atoms with Gasteiger partial charge in [0.25, 0.3) is 11.8 Å². The summed E-state index contributed by atoms with van der Waals surface area (Å²) >= 11 is 1.58. The Morgan fingerprint density at radius 2 is 1.88 bits per heavy atom. The monoisotopic (exact) mass is 376 g/mol. The van der Waals surface area contributed by atoms with E-state index < -0.39 is 12.0 Å². The van der Waals surface area contributed by atoms with Crippen molar-refractivity contribution >= 4 is 35.2 Å². The van der Waals surface area contributed by atoms with E-state index in [0.29, 0.717) is 17.7 Å². The lowest BCUT2D eigenvalue weighted by molar-refractivity contribution is -0.142. The Kier molecular flexibility index (Phi) is 7.28. The van der Waals surface area contributed by atoms with Gasteiger partial charge in [-0.3, -0.25) is 9.59 Å². The maximum atomic E-state index is 12.3. The molecule has 0 unspecified atom stereocenters. The van der Waals surface area contributed by atoms with Gasteiger partial charge in [-0.15, -0.1) is 0 Å². The van der Waals surface area contributed by atoms with Gasteiger partial charge in [0.2, 0.25) is 0 Å². The molecule has 0 radical (unpaired) electrons. The van der Waals surface area contributed by atoms with Gasteiger partial charge in [-0.1, -0.05) is 0 Å². The minimum Gasteiger partial charge on any atom is -0.467 e. The number of carbonyl (C=O) groups is 3. The summed E-state index contributed by atoms with van der Waals surface area (Å²) in [6, 6.07) is 8.82. The Morgan fingerprint density at radius 1 is 1.15 bits per heavy atom. The highest BCUT2D eigenvalue weighted by Crippen LogP contribution is 2.12. The Balaban J connectivity index is 1.98. The molecular formula is C18H20N2O5S. The van der Waals surface area contributed by atoms with E-state index in [1.165, 1.54) is 13.4 Å². The van der Waals surface area contributed by atoms with Crippen LogP contribution < -0.4 is 10.6 Å². The van der Waals surface area contributed by atoms with E-state index in [1.807, 2.05) is 6.26 Å². The molecule has 2 amide bonds. The third-order valence-electron chi connectivity index (χ3n) is 3.55. The quantitative estimate of drug-likeness (QED) is 0.687. The topological polar surface area (TPSA) is 97.6 Å². The Bertz CT molecular complexity index is 743. The number of methoxy groups -OCH3 is 1. The van der Waals surface area contributed by atoms with Gasteiger partial charge in [0.1, 0.15) is 6.04 Å². The highest BCUT2D eigenvalue weighted by atomic mass is 32.2. The number of nitrogens with one attached hydrogen (secondary N) is 2. The minimum atomic E-state index is -0.696. The first-order chi connectivity index (χ1) is 12.5. The normalized spacial score (nSPS) is 11.5. The van der Waals surface area contributed by atoms with Crippen LogP contribution in [0.1, 0.15) is 27.3 Å². The van der Waals surface area contributed by atoms with E-state index in [9.17, 15) is 14.4 Å². The molecule has 2 rings (SSSR count). The first-order valence-electron chi connectivity index (χ1n) is 7.87. The molecule has 8 heteroatoms. The summed E-state index contributed by atoms with van der Waals surface area (Å²) in [7, 11) is 1.29. The zero-order valence-electron chi connectivity index (χ0n) is 14.5. The summed E-state index contributed by atoms with van der Waals surface area (Å²) in [4.78, 5) is 36.0. The van der Waals surface area contributed by atoms with Gasteiger partial charge in [0.05, 0.1) is 13.4 Å². The molecule has 2 N–H and O–H groups in total. The van der Waals surface area contributed by atoms with E-state index in [2.05, 4.69) is 10.6 Å². The fourth-order valence-electron chi connectivity index (χ4n) is 2.17. The summed E-state index contributed by atoms with van der Waals surface area (Å²) in [6.45, 7) is 0. The molecule has 1 heterocycles. The van der Waals surface area contributed by atoms with Gasteiger partial charge >= 0.3 is 5.97 Å². The average molecular weight is 376 g/mol. The van der Waals surface area contributed by atoms with Gasteiger partial charge in [-0.05, 0) is 54.8 Å². The van der Waals surface area contributed by atoms with E-state index in [1.54, 1.807) is 48.2 Å². The fraction of sp³-hybridized carbons (Fsp3) is 0.278. The summed E-state index contributed by atoms with van der Waals surface area (Å²) in [6.07, 6.45) is 3.82. The lowest BCUT2D eigenvalue weighted by Crippen LogP contribution is -2.41. The van der Waals surface area contributed by atoms with Crippen molar-refractivity contribution in [2.24, 2.45) is 0 Å². The van der Waals surface area contributed by atoms with Crippen LogP contribution in [0, 0.1) is 0 Å². The second-order valence-electron chi connectivity index (χ2n) is 5.34. The number of ether oxygens (including phenoxy) is 1. The van der Waals surface area contributed by atoms with E-state index in [0.717, 1.165) is 5.75 Å². The number of amides is 2. The smallest absolute Gasteiger partial charge is 0.328 e. The second kappa shape index (κ2) is 9.67. The Hall–Kier alpha value is -2.74. The van der Waals surface area contributed by atoms with Crippen molar-refractivity contribution < 1.29 is 23.5 Å². The number of carbonyl (C=O) groups excluding carboxylic acids is 3. The molecule has 0 spiro atoms. The zero-order valence-corrected chi connectivity index (χ0v) is 15.3. The zero-order chi connectivity index (χ0) is 18.9. The van der Waals surface area contributed by atoms with Crippen LogP contribution in [0.4, 0.5) is 5.69 Å². The number of hydrogen-bond acceptors (Lipinski definition) is 6. The number of furan rings is 1. The molecule has 0 aliphatic carbocycles. The predicted molar refractivity (Wildman–Crippen MR) is 99.4 cm³/mol. The molecular weight excluding hydrogens is 356 g/mol. The van der Waals surface area contributed by atoms with Crippen LogP contribution in [0.15, 0.2) is 47.1 Å². The van der Waals surface area contributed by atoms with Crippen molar-refractivity contribution in [2.75, 3.05) is 24.4 Å². The highest BCUT2D eigenvalue weighted by molar-refractivity contribution is 7.98. The standard InChI is InChI=1S/C18H20N2O5S/c1-24-18(23)14(9-11-26-2)20-16(21)12-5-7-13(8-6-12)19-17(22)15-4-3-10-25-15/h3-8,10,14H,9,11H2,1-2H3,(H,19,22)(H,20,21)/t14-/m0/s1. The lowest BCUT2D eigenvalue weighted by atomic mass is 10.1. The number of thioether (sulfide) groups is 1. The lowest BCUT2D eigenvalue weighted by Gasteiger charge is -2.16. The Labute approximate surface area is 155 Å². The van der Waals surface area contributed by atoms with Crippen molar-refractivity contribution in [3.8, 4) is 0 Å². The summed E-state index contributed by atoms with van der Waals surface area (Å²) in [5, 5.41) is 5.34. The maximum absolute atomic E-state index is 12.3. The maximum Gasteiger partial charge on any atom is 0.328 e. The molecule has 1 aromatic heterocycles. The van der Waals surface area contributed by atoms with Gasteiger partial charge in [0.15, 0.2) is 5.76 Å². The molecule has 138 valence electrons. The molecule has 7 nitrogen and oxygen atoms in total. The molecule has 1 atom stereocenters. The van der Waals surface area contributed by atoms with Crippen LogP contribution in [-0.4, -0.2) is 42.9 Å². The summed E-state index contributed by atoms with van der Waals surface area (Å²) in [5.41, 5.74) is 0.897. The molecule has 2 aromatic rings. The molecule has 0 bridgehead atoms. The molecule has 26 heavy (non-hydrogen) atoms. The van der Waals surface area contributed by atoms with Crippen molar-refractivity contribution in [1.29, 1.82) is 0 Å². The van der Waals surface area contributed by atoms with Gasteiger partial charge in [0, 0.05) is 11.3 Å². The first kappa shape index (κ1) is 19.6. The van der Waals surface area contributed by atoms with Gasteiger partial charge in [-0.25, -0.2) is 4.79 Å². The number of benzene rings is 1. The average Bonchev–Trinajstić information content (AvgIpc) is 3.19. The Morgan fingerprint density at radius 3 is 2.46 bits per heavy atom. The number of esters is 1. The number of anilines is 1. The second-order valence-corrected chi connectivity index (χ2v) is 6.33. The van der Waals surface area contributed by atoms with Gasteiger partial charge < -0.3 is 19.8 Å². The number of hydrogen-bond donors (Lipinski definition) is 2. The SMILES string of the molecule is COC(=O)[C@H](CCSC)NC(=O)c1ccc(NC(=O)c2ccco2)cc1. The van der Waals surface area contributed by atoms with E-state index in [4.69, 9.17) is 9.15 Å². The molecule has 0 aliphatic heterocycles. The van der Waals surface area contributed by atoms with Crippen LogP contribution in [0.5, 0.6) is 0 Å². The van der Waals surface area contributed by atoms with Crippen molar-refractivity contribution in [3.05, 3.63) is 54.0 Å². The molecule has 0 fully saturated rings. The molecule has 0 saturated heterocycles. The summed E-state index contributed by atoms with van der Waals surface area (Å²) < 4.78 is 9.74. The highest BCUT2D eigenvalue weighted by Gasteiger charge is 2.21. The largest absolute Gasteiger partial charge is 0.467 e. The fourth-order valence-corrected chi connectivity index (χ4v) is 2.65. The van der Waals surface area contributed by atoms with Crippen LogP contribution in [0.25, 0.3) is 0 Å². The van der Waals surface area contributed by atoms with Crippen molar-refractivity contribution in [3.63, 3.8) is 0 Å². The molecule has 1 aromatic carbocycles. The van der Waals surface area contributed by atoms with Gasteiger partial charge in [-0.2, -0.15) is 11.8 Å². The molecule has 0 aliphatic rings. The third-order valence-corrected chi connectivity index (χ3v) is 4.20. The number of rotatable bonds is 8. The van der Waals surface area contributed by atoms with E-state index in [-0.39, 0.29) is 17.6 Å². The van der Waals surface area contributed by atoms with Crippen LogP contribution in [0.3, 0.4) is 0 Å². The van der Waals surface area contributed by atoms with Crippen LogP contribution >= 0.6 is 11.8 Å². The first-order valence-corrected chi connectivity index (χ1v) is 9.27. The van der Waals surface area contributed by atoms with Crippen LogP contribution in [-0.2, 0) is 9.53 Å².